The SMILES string of the molecule is Cc1cccc(C)c1OCCNC(=O)CC1CSCCN1.Cl. The Morgan fingerprint density at radius 3 is 2.77 bits per heavy atom. The first kappa shape index (κ1) is 19.1. The molecule has 0 radical (unpaired) electrons. The number of carbonyl (C=O) groups excluding carboxylic acids is 1. The number of thioether (sulfide) groups is 1. The molecule has 1 amide bonds. The minimum Gasteiger partial charge on any atom is -0.491 e. The molecule has 0 aromatic heterocycles. The van der Waals surface area contributed by atoms with Crippen LogP contribution in [0.3, 0.4) is 0 Å². The molecule has 1 heterocycles. The largest absolute Gasteiger partial charge is 0.491 e. The van der Waals surface area contributed by atoms with Crippen LogP contribution in [0.4, 0.5) is 0 Å². The number of carbonyl (C=O) groups is 1. The van der Waals surface area contributed by atoms with Gasteiger partial charge in [0.25, 0.3) is 0 Å². The van der Waals surface area contributed by atoms with Crippen molar-refractivity contribution in [1.29, 1.82) is 0 Å². The van der Waals surface area contributed by atoms with Crippen LogP contribution in [0.5, 0.6) is 5.75 Å². The molecule has 2 rings (SSSR count). The molecule has 1 aromatic rings. The topological polar surface area (TPSA) is 50.4 Å². The van der Waals surface area contributed by atoms with Gasteiger partial charge in [-0.05, 0) is 25.0 Å². The Bertz CT molecular complexity index is 459. The molecule has 4 nitrogen and oxygen atoms in total. The van der Waals surface area contributed by atoms with Crippen molar-refractivity contribution < 1.29 is 9.53 Å². The summed E-state index contributed by atoms with van der Waals surface area (Å²) in [7, 11) is 0. The van der Waals surface area contributed by atoms with Gasteiger partial charge >= 0.3 is 0 Å². The second kappa shape index (κ2) is 9.98. The van der Waals surface area contributed by atoms with E-state index in [0.717, 1.165) is 34.9 Å². The van der Waals surface area contributed by atoms with Crippen LogP contribution in [-0.2, 0) is 4.79 Å². The van der Waals surface area contributed by atoms with Gasteiger partial charge in [-0.2, -0.15) is 11.8 Å². The Labute approximate surface area is 143 Å². The minimum absolute atomic E-state index is 0. The van der Waals surface area contributed by atoms with Gasteiger partial charge in [0, 0.05) is 30.5 Å². The molecule has 0 bridgehead atoms. The fraction of sp³-hybridized carbons (Fsp3) is 0.562. The monoisotopic (exact) mass is 344 g/mol. The van der Waals surface area contributed by atoms with Crippen molar-refractivity contribution in [2.24, 2.45) is 0 Å². The van der Waals surface area contributed by atoms with Crippen molar-refractivity contribution in [3.8, 4) is 5.75 Å². The van der Waals surface area contributed by atoms with Crippen LogP contribution < -0.4 is 15.4 Å². The summed E-state index contributed by atoms with van der Waals surface area (Å²) in [5.74, 6) is 3.19. The zero-order valence-electron chi connectivity index (χ0n) is 13.2. The van der Waals surface area contributed by atoms with E-state index < -0.39 is 0 Å². The Hall–Kier alpha value is -0.910. The molecule has 0 spiro atoms. The number of halogens is 1. The number of para-hydroxylation sites is 1. The fourth-order valence-electron chi connectivity index (χ4n) is 2.42. The summed E-state index contributed by atoms with van der Waals surface area (Å²) in [5, 5.41) is 6.29. The van der Waals surface area contributed by atoms with Crippen LogP contribution in [0.1, 0.15) is 17.5 Å². The van der Waals surface area contributed by atoms with Gasteiger partial charge in [0.15, 0.2) is 0 Å². The average molecular weight is 345 g/mol. The lowest BCUT2D eigenvalue weighted by Crippen LogP contribution is -2.41. The zero-order valence-corrected chi connectivity index (χ0v) is 14.8. The van der Waals surface area contributed by atoms with E-state index in [0.29, 0.717) is 25.6 Å². The number of rotatable bonds is 6. The predicted octanol–water partition coefficient (Wildman–Crippen LogP) is 2.32. The molecule has 1 aliphatic heterocycles. The molecule has 22 heavy (non-hydrogen) atoms. The van der Waals surface area contributed by atoms with E-state index in [1.165, 1.54) is 0 Å². The first-order chi connectivity index (χ1) is 10.2. The summed E-state index contributed by atoms with van der Waals surface area (Å²) in [6.45, 7) is 6.12. The molecular weight excluding hydrogens is 320 g/mol. The molecule has 2 N–H and O–H groups in total. The fourth-order valence-corrected chi connectivity index (χ4v) is 3.37. The maximum absolute atomic E-state index is 11.8. The van der Waals surface area contributed by atoms with Crippen molar-refractivity contribution >= 4 is 30.1 Å². The molecule has 1 saturated heterocycles. The van der Waals surface area contributed by atoms with Crippen LogP contribution >= 0.6 is 24.2 Å². The number of hydrogen-bond donors (Lipinski definition) is 2. The summed E-state index contributed by atoms with van der Waals surface area (Å²) >= 11 is 1.91. The highest BCUT2D eigenvalue weighted by Crippen LogP contribution is 2.21. The molecule has 1 aliphatic rings. The summed E-state index contributed by atoms with van der Waals surface area (Å²) in [4.78, 5) is 11.8. The lowest BCUT2D eigenvalue weighted by molar-refractivity contribution is -0.121. The normalized spacial score (nSPS) is 17.5. The van der Waals surface area contributed by atoms with Gasteiger partial charge < -0.3 is 15.4 Å². The van der Waals surface area contributed by atoms with Gasteiger partial charge in [0.2, 0.25) is 5.91 Å². The van der Waals surface area contributed by atoms with E-state index in [1.54, 1.807) is 0 Å². The molecule has 124 valence electrons. The Kier molecular flexibility index (Phi) is 8.68. The van der Waals surface area contributed by atoms with Crippen LogP contribution in [-0.4, -0.2) is 43.2 Å². The van der Waals surface area contributed by atoms with E-state index in [9.17, 15) is 4.79 Å². The van der Waals surface area contributed by atoms with Crippen LogP contribution in [0.15, 0.2) is 18.2 Å². The van der Waals surface area contributed by atoms with E-state index in [2.05, 4.69) is 10.6 Å². The standard InChI is InChI=1S/C16H24N2O2S.ClH/c1-12-4-3-5-13(2)16(12)20-8-6-18-15(19)10-14-11-21-9-7-17-14;/h3-5,14,17H,6-11H2,1-2H3,(H,18,19);1H. The third kappa shape index (κ3) is 6.07. The van der Waals surface area contributed by atoms with Crippen molar-refractivity contribution in [1.82, 2.24) is 10.6 Å². The molecule has 1 aromatic carbocycles. The Morgan fingerprint density at radius 1 is 1.41 bits per heavy atom. The van der Waals surface area contributed by atoms with Gasteiger partial charge in [0.1, 0.15) is 12.4 Å². The minimum atomic E-state index is 0. The number of amides is 1. The lowest BCUT2D eigenvalue weighted by atomic mass is 10.1. The van der Waals surface area contributed by atoms with E-state index >= 15 is 0 Å². The quantitative estimate of drug-likeness (QED) is 0.778. The number of benzene rings is 1. The van der Waals surface area contributed by atoms with Gasteiger partial charge in [-0.3, -0.25) is 4.79 Å². The highest BCUT2D eigenvalue weighted by atomic mass is 35.5. The summed E-state index contributed by atoms with van der Waals surface area (Å²) in [6.07, 6.45) is 0.552. The Balaban J connectivity index is 0.00000242. The average Bonchev–Trinajstić information content (AvgIpc) is 2.47. The Morgan fingerprint density at radius 2 is 2.14 bits per heavy atom. The van der Waals surface area contributed by atoms with Gasteiger partial charge in [-0.25, -0.2) is 0 Å². The first-order valence-electron chi connectivity index (χ1n) is 7.43. The van der Waals surface area contributed by atoms with Crippen LogP contribution in [0.25, 0.3) is 0 Å². The van der Waals surface area contributed by atoms with Gasteiger partial charge in [0.05, 0.1) is 6.54 Å². The summed E-state index contributed by atoms with van der Waals surface area (Å²) in [5.41, 5.74) is 2.26. The van der Waals surface area contributed by atoms with Crippen molar-refractivity contribution in [3.05, 3.63) is 29.3 Å². The summed E-state index contributed by atoms with van der Waals surface area (Å²) in [6, 6.07) is 6.40. The number of hydrogen-bond acceptors (Lipinski definition) is 4. The van der Waals surface area contributed by atoms with E-state index in [-0.39, 0.29) is 18.3 Å². The molecule has 6 heteroatoms. The highest BCUT2D eigenvalue weighted by molar-refractivity contribution is 7.99. The van der Waals surface area contributed by atoms with Crippen LogP contribution in [0.2, 0.25) is 0 Å². The van der Waals surface area contributed by atoms with E-state index in [4.69, 9.17) is 4.74 Å². The van der Waals surface area contributed by atoms with Crippen molar-refractivity contribution in [2.75, 3.05) is 31.2 Å². The predicted molar refractivity (Wildman–Crippen MR) is 95.4 cm³/mol. The summed E-state index contributed by atoms with van der Waals surface area (Å²) < 4.78 is 5.77. The number of ether oxygens (including phenoxy) is 1. The van der Waals surface area contributed by atoms with Crippen molar-refractivity contribution in [3.63, 3.8) is 0 Å². The van der Waals surface area contributed by atoms with Gasteiger partial charge in [-0.1, -0.05) is 18.2 Å². The van der Waals surface area contributed by atoms with Crippen LogP contribution in [0, 0.1) is 13.8 Å². The van der Waals surface area contributed by atoms with Crippen molar-refractivity contribution in [2.45, 2.75) is 26.3 Å². The first-order valence-corrected chi connectivity index (χ1v) is 8.59. The smallest absolute Gasteiger partial charge is 0.221 e. The molecule has 0 aliphatic carbocycles. The highest BCUT2D eigenvalue weighted by Gasteiger charge is 2.16. The number of nitrogens with one attached hydrogen (secondary N) is 2. The molecule has 1 atom stereocenters. The number of aryl methyl sites for hydroxylation is 2. The maximum atomic E-state index is 11.8. The van der Waals surface area contributed by atoms with E-state index in [1.807, 2.05) is 43.8 Å². The third-order valence-electron chi connectivity index (χ3n) is 3.51. The second-order valence-corrected chi connectivity index (χ2v) is 6.50. The van der Waals surface area contributed by atoms with Gasteiger partial charge in [-0.15, -0.1) is 12.4 Å². The maximum Gasteiger partial charge on any atom is 0.221 e. The lowest BCUT2D eigenvalue weighted by Gasteiger charge is -2.22. The second-order valence-electron chi connectivity index (χ2n) is 5.35. The molecule has 1 unspecified atom stereocenters. The molecular formula is C16H25ClN2O2S. The third-order valence-corrected chi connectivity index (χ3v) is 4.64. The zero-order chi connectivity index (χ0) is 15.1. The molecule has 0 saturated carbocycles. The molecule has 1 fully saturated rings.